The SMILES string of the molecule is [2H]c1c([2H])c(C([2H])([2H])N(C(=O)NCc2ccc(OCC(C)C)cc2)C2CC([2H])([2H])N(C([2H])([2H])[2H])C([2H])([2H])C2)c([2H])c([2H])c1F. The fourth-order valence-corrected chi connectivity index (χ4v) is 2.71. The van der Waals surface area contributed by atoms with E-state index < -0.39 is 86.9 Å². The number of carbonyl (C=O) groups is 1. The van der Waals surface area contributed by atoms with Gasteiger partial charge in [-0.1, -0.05) is 38.1 Å². The minimum absolute atomic E-state index is 0.0333. The molecular weight excluding hydrogens is 393 g/mol. The van der Waals surface area contributed by atoms with Crippen molar-refractivity contribution >= 4 is 6.03 Å². The Balaban J connectivity index is 2.06. The number of nitrogens with one attached hydrogen (secondary N) is 1. The van der Waals surface area contributed by atoms with E-state index in [1.807, 2.05) is 13.8 Å². The summed E-state index contributed by atoms with van der Waals surface area (Å²) in [5.74, 6) is -0.697. The van der Waals surface area contributed by atoms with Gasteiger partial charge >= 0.3 is 6.03 Å². The molecule has 1 aliphatic rings. The van der Waals surface area contributed by atoms with E-state index in [9.17, 15) is 9.18 Å². The number of carbonyl (C=O) groups excluding carboxylic acids is 1. The van der Waals surface area contributed by atoms with Crippen molar-refractivity contribution in [3.63, 3.8) is 0 Å². The van der Waals surface area contributed by atoms with E-state index in [1.165, 1.54) is 0 Å². The van der Waals surface area contributed by atoms with Crippen molar-refractivity contribution in [2.45, 2.75) is 45.8 Å². The Bertz CT molecular complexity index is 1320. The third-order valence-electron chi connectivity index (χ3n) is 4.33. The first-order chi connectivity index (χ1) is 20.0. The van der Waals surface area contributed by atoms with Gasteiger partial charge in [-0.05, 0) is 74.1 Å². The van der Waals surface area contributed by atoms with Crippen LogP contribution in [0.2, 0.25) is 0 Å². The van der Waals surface area contributed by atoms with Crippen LogP contribution in [0.1, 0.15) is 55.6 Å². The van der Waals surface area contributed by atoms with Crippen molar-refractivity contribution in [3.8, 4) is 5.75 Å². The lowest BCUT2D eigenvalue weighted by molar-refractivity contribution is 0.127. The first-order valence-corrected chi connectivity index (χ1v) is 9.88. The van der Waals surface area contributed by atoms with E-state index in [0.29, 0.717) is 22.8 Å². The number of halogens is 1. The Kier molecular flexibility index (Phi) is 4.07. The summed E-state index contributed by atoms with van der Waals surface area (Å²) in [5, 5.41) is 2.46. The van der Waals surface area contributed by atoms with Crippen LogP contribution < -0.4 is 10.1 Å². The predicted octanol–water partition coefficient (Wildman–Crippen LogP) is 4.67. The molecule has 1 heterocycles. The molecule has 0 radical (unpaired) electrons. The maximum absolute atomic E-state index is 14.3. The van der Waals surface area contributed by atoms with Gasteiger partial charge in [0.15, 0.2) is 0 Å². The van der Waals surface area contributed by atoms with E-state index in [4.69, 9.17) is 22.6 Å². The highest BCUT2D eigenvalue weighted by Gasteiger charge is 2.27. The summed E-state index contributed by atoms with van der Waals surface area (Å²) in [6.45, 7) is -8.17. The van der Waals surface area contributed by atoms with Crippen LogP contribution in [-0.2, 0) is 13.0 Å². The largest absolute Gasteiger partial charge is 0.493 e. The van der Waals surface area contributed by atoms with E-state index in [0.717, 1.165) is 0 Å². The van der Waals surface area contributed by atoms with Crippen LogP contribution in [0, 0.1) is 11.7 Å². The van der Waals surface area contributed by atoms with Crippen LogP contribution in [0.5, 0.6) is 5.75 Å². The Labute approximate surface area is 203 Å². The number of hydrogen-bond donors (Lipinski definition) is 1. The molecule has 31 heavy (non-hydrogen) atoms. The molecule has 0 aromatic heterocycles. The van der Waals surface area contributed by atoms with Crippen molar-refractivity contribution in [3.05, 3.63) is 65.4 Å². The van der Waals surface area contributed by atoms with Crippen molar-refractivity contribution in [1.29, 1.82) is 0 Å². The number of rotatable bonds is 8. The second kappa shape index (κ2) is 11.1. The first-order valence-electron chi connectivity index (χ1n) is 16.4. The van der Waals surface area contributed by atoms with Crippen LogP contribution in [0.4, 0.5) is 9.18 Å². The molecule has 0 atom stereocenters. The molecule has 0 bridgehead atoms. The molecule has 3 rings (SSSR count). The van der Waals surface area contributed by atoms with E-state index in [-0.39, 0.29) is 17.4 Å². The predicted molar refractivity (Wildman–Crippen MR) is 121 cm³/mol. The number of amides is 2. The standard InChI is InChI=1S/C25H34FN3O2/c1-19(2)18-31-24-10-6-20(7-11-24)16-27-25(30)29(23-12-14-28(3)15-13-23)17-21-4-8-22(26)9-5-21/h4-11,19,23H,12-18H2,1-3H3,(H,27,30)/i3D3,4D,5D,8D,9D,14D2,15D2,17D2. The molecule has 1 saturated heterocycles. The highest BCUT2D eigenvalue weighted by atomic mass is 19.1. The number of urea groups is 1. The summed E-state index contributed by atoms with van der Waals surface area (Å²) in [5.41, 5.74) is -0.500. The van der Waals surface area contributed by atoms with Gasteiger partial charge in [-0.25, -0.2) is 9.18 Å². The fourth-order valence-electron chi connectivity index (χ4n) is 2.71. The average molecular weight is 441 g/mol. The van der Waals surface area contributed by atoms with E-state index in [2.05, 4.69) is 5.32 Å². The molecule has 6 heteroatoms. The zero-order valence-electron chi connectivity index (χ0n) is 30.4. The van der Waals surface area contributed by atoms with Crippen molar-refractivity contribution in [2.75, 3.05) is 26.6 Å². The summed E-state index contributed by atoms with van der Waals surface area (Å²) in [7, 11) is 0. The molecule has 2 aromatic rings. The van der Waals surface area contributed by atoms with Crippen LogP contribution in [0.3, 0.4) is 0 Å². The summed E-state index contributed by atoms with van der Waals surface area (Å²) in [6.07, 6.45) is -1.80. The number of ether oxygens (including phenoxy) is 1. The molecule has 2 aromatic carbocycles. The second-order valence-corrected chi connectivity index (χ2v) is 7.39. The first kappa shape index (κ1) is 11.3. The molecule has 0 saturated carbocycles. The van der Waals surface area contributed by atoms with Crippen molar-refractivity contribution in [2.24, 2.45) is 5.92 Å². The highest BCUT2D eigenvalue weighted by Crippen LogP contribution is 2.19. The number of hydrogen-bond acceptors (Lipinski definition) is 3. The quantitative estimate of drug-likeness (QED) is 0.649. The number of benzene rings is 2. The lowest BCUT2D eigenvalue weighted by Crippen LogP contribution is -2.49. The molecule has 1 N–H and O–H groups in total. The number of likely N-dealkylation sites (tertiary alicyclic amines) is 1. The normalized spacial score (nSPS) is 25.4. The topological polar surface area (TPSA) is 44.8 Å². The van der Waals surface area contributed by atoms with Crippen molar-refractivity contribution in [1.82, 2.24) is 15.1 Å². The Morgan fingerprint density at radius 3 is 2.58 bits per heavy atom. The minimum atomic E-state index is -3.29. The molecule has 0 spiro atoms. The molecular formula is C25H34FN3O2. The Morgan fingerprint density at radius 2 is 1.97 bits per heavy atom. The lowest BCUT2D eigenvalue weighted by atomic mass is 10.0. The smallest absolute Gasteiger partial charge is 0.318 e. The summed E-state index contributed by atoms with van der Waals surface area (Å²) >= 11 is 0. The Hall–Kier alpha value is -2.60. The van der Waals surface area contributed by atoms with Crippen LogP contribution >= 0.6 is 0 Å². The maximum Gasteiger partial charge on any atom is 0.318 e. The fraction of sp³-hybridized carbons (Fsp3) is 0.480. The summed E-state index contributed by atoms with van der Waals surface area (Å²) in [4.78, 5) is 14.1. The van der Waals surface area contributed by atoms with Gasteiger partial charge in [0.25, 0.3) is 0 Å². The number of nitrogens with zero attached hydrogens (tertiary/aromatic N) is 2. The van der Waals surface area contributed by atoms with Crippen LogP contribution in [0.15, 0.2) is 48.4 Å². The minimum Gasteiger partial charge on any atom is -0.493 e. The molecule has 168 valence electrons. The van der Waals surface area contributed by atoms with Gasteiger partial charge < -0.3 is 19.9 Å². The zero-order chi connectivity index (χ0) is 33.6. The molecule has 2 amide bonds. The molecule has 5 nitrogen and oxygen atoms in total. The third-order valence-corrected chi connectivity index (χ3v) is 4.33. The van der Waals surface area contributed by atoms with Gasteiger partial charge in [0.05, 0.1) is 14.8 Å². The maximum atomic E-state index is 14.3. The molecule has 1 fully saturated rings. The van der Waals surface area contributed by atoms with Gasteiger partial charge in [-0.2, -0.15) is 0 Å². The van der Waals surface area contributed by atoms with Crippen molar-refractivity contribution < 1.29 is 31.7 Å². The van der Waals surface area contributed by atoms with Gasteiger partial charge in [0.1, 0.15) is 11.6 Å². The van der Waals surface area contributed by atoms with E-state index >= 15 is 0 Å². The van der Waals surface area contributed by atoms with Crippen LogP contribution in [-0.4, -0.2) is 48.4 Å². The van der Waals surface area contributed by atoms with Gasteiger partial charge in [0.2, 0.25) is 0 Å². The monoisotopic (exact) mass is 440 g/mol. The van der Waals surface area contributed by atoms with E-state index in [1.54, 1.807) is 24.3 Å². The summed E-state index contributed by atoms with van der Waals surface area (Å²) < 4.78 is 126. The van der Waals surface area contributed by atoms with Crippen LogP contribution in [0.25, 0.3) is 0 Å². The second-order valence-electron chi connectivity index (χ2n) is 7.39. The molecule has 0 unspecified atom stereocenters. The Morgan fingerprint density at radius 1 is 1.29 bits per heavy atom. The third kappa shape index (κ3) is 7.24. The van der Waals surface area contributed by atoms with Gasteiger partial charge in [-0.3, -0.25) is 0 Å². The lowest BCUT2D eigenvalue weighted by Gasteiger charge is -2.37. The number of piperidine rings is 1. The highest BCUT2D eigenvalue weighted by molar-refractivity contribution is 5.74. The summed E-state index contributed by atoms with van der Waals surface area (Å²) in [6, 6.07) is -1.05. The average Bonchev–Trinajstić information content (AvgIpc) is 2.86. The molecule has 1 aliphatic heterocycles. The zero-order valence-corrected chi connectivity index (χ0v) is 17.4. The van der Waals surface area contributed by atoms with Gasteiger partial charge in [0, 0.05) is 28.7 Å². The molecule has 0 aliphatic carbocycles. The van der Waals surface area contributed by atoms with Gasteiger partial charge in [-0.15, -0.1) is 0 Å².